The zero-order valence-electron chi connectivity index (χ0n) is 30.6. The van der Waals surface area contributed by atoms with Crippen LogP contribution in [0.2, 0.25) is 0 Å². The van der Waals surface area contributed by atoms with E-state index in [-0.39, 0.29) is 0 Å². The number of rotatable bonds is 6. The maximum absolute atomic E-state index is 6.31. The molecule has 0 atom stereocenters. The highest BCUT2D eigenvalue weighted by Gasteiger charge is 2.20. The lowest BCUT2D eigenvalue weighted by Gasteiger charge is -2.28. The largest absolute Gasteiger partial charge is 0.456 e. The Morgan fingerprint density at radius 1 is 0.304 bits per heavy atom. The summed E-state index contributed by atoms with van der Waals surface area (Å²) in [5.41, 5.74) is 12.1. The van der Waals surface area contributed by atoms with Crippen LogP contribution in [0.3, 0.4) is 0 Å². The molecule has 56 heavy (non-hydrogen) atoms. The average molecular weight is 714 g/mol. The third kappa shape index (κ3) is 5.42. The molecule has 11 aromatic rings. The van der Waals surface area contributed by atoms with E-state index in [9.17, 15) is 0 Å². The molecule has 0 N–H and O–H groups in total. The molecule has 11 rings (SSSR count). The van der Waals surface area contributed by atoms with E-state index in [0.29, 0.717) is 0 Å². The normalized spacial score (nSPS) is 11.6. The van der Waals surface area contributed by atoms with Gasteiger partial charge in [0.2, 0.25) is 0 Å². The van der Waals surface area contributed by atoms with E-state index in [1.807, 2.05) is 12.1 Å². The fraction of sp³-hybridized carbons (Fsp3) is 0. The molecule has 0 aliphatic carbocycles. The van der Waals surface area contributed by atoms with Gasteiger partial charge in [-0.25, -0.2) is 0 Å². The third-order valence-electron chi connectivity index (χ3n) is 11.2. The Morgan fingerprint density at radius 3 is 1.82 bits per heavy atom. The molecule has 1 heterocycles. The van der Waals surface area contributed by atoms with Crippen molar-refractivity contribution in [3.63, 3.8) is 0 Å². The first-order chi connectivity index (χ1) is 27.7. The topological polar surface area (TPSA) is 16.4 Å². The molecule has 0 unspecified atom stereocenters. The van der Waals surface area contributed by atoms with Gasteiger partial charge in [0.1, 0.15) is 11.2 Å². The zero-order valence-corrected chi connectivity index (χ0v) is 30.6. The van der Waals surface area contributed by atoms with Crippen molar-refractivity contribution < 1.29 is 4.42 Å². The number of nitrogens with zero attached hydrogens (tertiary/aromatic N) is 1. The number of hydrogen-bond acceptors (Lipinski definition) is 2. The molecular weight excluding hydrogens is 679 g/mol. The highest BCUT2D eigenvalue weighted by atomic mass is 16.3. The molecule has 0 spiro atoms. The number of hydrogen-bond donors (Lipinski definition) is 0. The Balaban J connectivity index is 1.08. The van der Waals surface area contributed by atoms with E-state index in [1.165, 1.54) is 49.0 Å². The van der Waals surface area contributed by atoms with Crippen LogP contribution in [0.25, 0.3) is 87.6 Å². The van der Waals surface area contributed by atoms with E-state index in [4.69, 9.17) is 4.42 Å². The fourth-order valence-electron chi connectivity index (χ4n) is 8.52. The monoisotopic (exact) mass is 713 g/mol. The Kier molecular flexibility index (Phi) is 7.53. The van der Waals surface area contributed by atoms with Crippen LogP contribution >= 0.6 is 0 Å². The van der Waals surface area contributed by atoms with Gasteiger partial charge in [-0.15, -0.1) is 0 Å². The van der Waals surface area contributed by atoms with Crippen LogP contribution < -0.4 is 4.90 Å². The molecule has 10 aromatic carbocycles. The maximum atomic E-state index is 6.31. The van der Waals surface area contributed by atoms with Gasteiger partial charge >= 0.3 is 0 Å². The smallest absolute Gasteiger partial charge is 0.136 e. The second-order valence-corrected chi connectivity index (χ2v) is 14.5. The molecule has 0 fully saturated rings. The molecule has 0 radical (unpaired) electrons. The Morgan fingerprint density at radius 2 is 0.911 bits per heavy atom. The van der Waals surface area contributed by atoms with Crippen molar-refractivity contribution >= 4 is 71.3 Å². The average Bonchev–Trinajstić information content (AvgIpc) is 3.66. The van der Waals surface area contributed by atoms with Gasteiger partial charge in [0.25, 0.3) is 0 Å². The van der Waals surface area contributed by atoms with Gasteiger partial charge in [-0.1, -0.05) is 158 Å². The molecule has 1 aromatic heterocycles. The van der Waals surface area contributed by atoms with Crippen LogP contribution in [0, 0.1) is 0 Å². The summed E-state index contributed by atoms with van der Waals surface area (Å²) in [6, 6.07) is 76.6. The first kappa shape index (κ1) is 32.0. The van der Waals surface area contributed by atoms with Gasteiger partial charge in [-0.3, -0.25) is 0 Å². The predicted molar refractivity (Wildman–Crippen MR) is 237 cm³/mol. The van der Waals surface area contributed by atoms with Crippen LogP contribution in [0.1, 0.15) is 0 Å². The van der Waals surface area contributed by atoms with Crippen LogP contribution in [-0.2, 0) is 0 Å². The Labute approximate surface area is 325 Å². The van der Waals surface area contributed by atoms with Crippen molar-refractivity contribution in [2.24, 2.45) is 0 Å². The van der Waals surface area contributed by atoms with E-state index in [0.717, 1.165) is 55.7 Å². The van der Waals surface area contributed by atoms with Crippen LogP contribution in [0.4, 0.5) is 17.1 Å². The Bertz CT molecular complexity index is 3260. The molecule has 2 nitrogen and oxygen atoms in total. The molecule has 262 valence electrons. The molecule has 0 aliphatic heterocycles. The zero-order chi connectivity index (χ0) is 37.0. The summed E-state index contributed by atoms with van der Waals surface area (Å²) >= 11 is 0. The first-order valence-electron chi connectivity index (χ1n) is 19.2. The summed E-state index contributed by atoms with van der Waals surface area (Å²) in [4.78, 5) is 2.40. The van der Waals surface area contributed by atoms with E-state index in [2.05, 4.69) is 205 Å². The van der Waals surface area contributed by atoms with Crippen LogP contribution in [0.5, 0.6) is 0 Å². The highest BCUT2D eigenvalue weighted by molar-refractivity contribution is 6.13. The van der Waals surface area contributed by atoms with Gasteiger partial charge in [0.15, 0.2) is 0 Å². The molecule has 2 heteroatoms. The van der Waals surface area contributed by atoms with Gasteiger partial charge in [-0.05, 0) is 115 Å². The second-order valence-electron chi connectivity index (χ2n) is 14.5. The minimum absolute atomic E-state index is 0.893. The minimum atomic E-state index is 0.893. The minimum Gasteiger partial charge on any atom is -0.456 e. The molecule has 0 aliphatic rings. The van der Waals surface area contributed by atoms with Gasteiger partial charge in [-0.2, -0.15) is 0 Å². The van der Waals surface area contributed by atoms with Crippen LogP contribution in [0.15, 0.2) is 217 Å². The van der Waals surface area contributed by atoms with E-state index < -0.39 is 0 Å². The maximum Gasteiger partial charge on any atom is 0.136 e. The van der Waals surface area contributed by atoms with Crippen molar-refractivity contribution in [1.82, 2.24) is 0 Å². The molecule has 0 saturated heterocycles. The van der Waals surface area contributed by atoms with Gasteiger partial charge in [0.05, 0.1) is 5.69 Å². The number of anilines is 3. The third-order valence-corrected chi connectivity index (χ3v) is 11.2. The van der Waals surface area contributed by atoms with E-state index in [1.54, 1.807) is 0 Å². The van der Waals surface area contributed by atoms with Gasteiger partial charge in [0, 0.05) is 27.7 Å². The SMILES string of the molecule is c1cc(-c2cccc3oc4ccccc4c23)cc(N(c2ccc(-c3ccc4ccccc4c3)cc2)c2ccccc2-c2ccc3c(ccc4ccccc43)c2)c1. The van der Waals surface area contributed by atoms with Crippen molar-refractivity contribution in [1.29, 1.82) is 0 Å². The number of benzene rings is 10. The lowest BCUT2D eigenvalue weighted by molar-refractivity contribution is 0.669. The lowest BCUT2D eigenvalue weighted by atomic mass is 9.95. The quantitative estimate of drug-likeness (QED) is 0.160. The summed E-state index contributed by atoms with van der Waals surface area (Å²) in [6.07, 6.45) is 0. The van der Waals surface area contributed by atoms with Crippen molar-refractivity contribution in [2.45, 2.75) is 0 Å². The van der Waals surface area contributed by atoms with Crippen molar-refractivity contribution in [3.8, 4) is 33.4 Å². The predicted octanol–water partition coefficient (Wildman–Crippen LogP) is 15.5. The van der Waals surface area contributed by atoms with Crippen LogP contribution in [-0.4, -0.2) is 0 Å². The summed E-state index contributed by atoms with van der Waals surface area (Å²) < 4.78 is 6.31. The lowest BCUT2D eigenvalue weighted by Crippen LogP contribution is -2.11. The number of furan rings is 1. The molecule has 0 saturated carbocycles. The van der Waals surface area contributed by atoms with E-state index >= 15 is 0 Å². The van der Waals surface area contributed by atoms with Crippen molar-refractivity contribution in [2.75, 3.05) is 4.90 Å². The summed E-state index contributed by atoms with van der Waals surface area (Å²) in [5, 5.41) is 9.76. The summed E-state index contributed by atoms with van der Waals surface area (Å²) in [5.74, 6) is 0. The number of para-hydroxylation sites is 2. The molecule has 0 bridgehead atoms. The first-order valence-corrected chi connectivity index (χ1v) is 19.2. The molecule has 0 amide bonds. The second kappa shape index (κ2) is 13.2. The molecular formula is C54H35NO. The summed E-state index contributed by atoms with van der Waals surface area (Å²) in [6.45, 7) is 0. The van der Waals surface area contributed by atoms with Crippen molar-refractivity contribution in [3.05, 3.63) is 212 Å². The van der Waals surface area contributed by atoms with Gasteiger partial charge < -0.3 is 9.32 Å². The Hall–Kier alpha value is -7.42. The number of fused-ring (bicyclic) bond motifs is 7. The standard InChI is InChI=1S/C54H35NO/c1-2-13-39-33-40(25-23-36(39)11-1)37-27-30-44(31-28-37)55(45-15-9-14-41(35-45)49-19-10-22-53-54(49)50-18-6-8-21-52(50)56-53)51-20-7-5-17-48(51)43-29-32-47-42(34-43)26-24-38-12-3-4-16-46(38)47/h1-35H. The fourth-order valence-corrected chi connectivity index (χ4v) is 8.52. The summed E-state index contributed by atoms with van der Waals surface area (Å²) in [7, 11) is 0. The highest BCUT2D eigenvalue weighted by Crippen LogP contribution is 2.44.